The maximum absolute atomic E-state index is 12.3. The van der Waals surface area contributed by atoms with Gasteiger partial charge in [0, 0.05) is 56.8 Å². The molecule has 6 heteroatoms. The molecule has 0 spiro atoms. The number of hydrogen-bond acceptors (Lipinski definition) is 5. The molecule has 6 nitrogen and oxygen atoms in total. The van der Waals surface area contributed by atoms with Crippen LogP contribution in [0.3, 0.4) is 0 Å². The van der Waals surface area contributed by atoms with Gasteiger partial charge in [-0.15, -0.1) is 0 Å². The Kier molecular flexibility index (Phi) is 6.52. The molecule has 0 radical (unpaired) electrons. The highest BCUT2D eigenvalue weighted by Gasteiger charge is 2.20. The Hall–Kier alpha value is -2.60. The van der Waals surface area contributed by atoms with Crippen molar-refractivity contribution in [2.75, 3.05) is 63.2 Å². The first-order valence-corrected chi connectivity index (χ1v) is 9.91. The molecule has 150 valence electrons. The number of anilines is 2. The van der Waals surface area contributed by atoms with Crippen molar-refractivity contribution in [3.05, 3.63) is 53.3 Å². The standard InChI is InChI=1S/C22H31N5O/c1-17-6-5-7-21(18(17)2)27-14-12-26(13-15-27)19-8-9-23-20(16-19)22(28)24-10-11-25(3)4/h5-9,16H,10-15H2,1-4H3,(H,24,28). The molecule has 0 bridgehead atoms. The monoisotopic (exact) mass is 381 g/mol. The summed E-state index contributed by atoms with van der Waals surface area (Å²) in [5, 5.41) is 2.93. The molecule has 1 aromatic heterocycles. The number of rotatable bonds is 6. The Balaban J connectivity index is 1.61. The number of carbonyl (C=O) groups excluding carboxylic acids is 1. The minimum absolute atomic E-state index is 0.113. The van der Waals surface area contributed by atoms with Crippen LogP contribution < -0.4 is 15.1 Å². The Morgan fingerprint density at radius 1 is 1.11 bits per heavy atom. The van der Waals surface area contributed by atoms with Crippen molar-refractivity contribution >= 4 is 17.3 Å². The molecule has 1 saturated heterocycles. The second kappa shape index (κ2) is 9.06. The molecule has 1 N–H and O–H groups in total. The molecule has 1 aliphatic rings. The summed E-state index contributed by atoms with van der Waals surface area (Å²) in [4.78, 5) is 23.4. The van der Waals surface area contributed by atoms with Crippen molar-refractivity contribution in [1.82, 2.24) is 15.2 Å². The number of likely N-dealkylation sites (N-methyl/N-ethyl adjacent to an activating group) is 1. The number of nitrogens with one attached hydrogen (secondary N) is 1. The number of carbonyl (C=O) groups is 1. The van der Waals surface area contributed by atoms with Crippen LogP contribution in [0.2, 0.25) is 0 Å². The fourth-order valence-corrected chi connectivity index (χ4v) is 3.51. The molecule has 2 heterocycles. The van der Waals surface area contributed by atoms with Crippen LogP contribution in [-0.2, 0) is 0 Å². The van der Waals surface area contributed by atoms with E-state index in [1.54, 1.807) is 6.20 Å². The van der Waals surface area contributed by atoms with Gasteiger partial charge in [-0.2, -0.15) is 0 Å². The Labute approximate surface area is 168 Å². The summed E-state index contributed by atoms with van der Waals surface area (Å²) >= 11 is 0. The van der Waals surface area contributed by atoms with E-state index in [9.17, 15) is 4.79 Å². The van der Waals surface area contributed by atoms with Crippen LogP contribution in [0.25, 0.3) is 0 Å². The van der Waals surface area contributed by atoms with Crippen LogP contribution in [0, 0.1) is 13.8 Å². The van der Waals surface area contributed by atoms with Crippen LogP contribution in [0.1, 0.15) is 21.6 Å². The summed E-state index contributed by atoms with van der Waals surface area (Å²) in [5.74, 6) is -0.113. The van der Waals surface area contributed by atoms with Crippen molar-refractivity contribution in [2.24, 2.45) is 0 Å². The first-order chi connectivity index (χ1) is 13.5. The lowest BCUT2D eigenvalue weighted by atomic mass is 10.1. The van der Waals surface area contributed by atoms with Crippen LogP contribution in [0.15, 0.2) is 36.5 Å². The first-order valence-electron chi connectivity index (χ1n) is 9.91. The highest BCUT2D eigenvalue weighted by molar-refractivity contribution is 5.93. The normalized spacial score (nSPS) is 14.5. The molecule has 1 aromatic carbocycles. The second-order valence-electron chi connectivity index (χ2n) is 7.65. The number of amides is 1. The molecule has 1 fully saturated rings. The molecule has 0 atom stereocenters. The maximum atomic E-state index is 12.3. The van der Waals surface area contributed by atoms with Gasteiger partial charge in [-0.1, -0.05) is 12.1 Å². The summed E-state index contributed by atoms with van der Waals surface area (Å²) in [6.07, 6.45) is 1.73. The first kappa shape index (κ1) is 20.1. The minimum atomic E-state index is -0.113. The lowest BCUT2D eigenvalue weighted by Crippen LogP contribution is -2.46. The zero-order valence-corrected chi connectivity index (χ0v) is 17.4. The lowest BCUT2D eigenvalue weighted by molar-refractivity contribution is 0.0946. The van der Waals surface area contributed by atoms with Gasteiger partial charge < -0.3 is 20.0 Å². The van der Waals surface area contributed by atoms with Crippen molar-refractivity contribution in [1.29, 1.82) is 0 Å². The van der Waals surface area contributed by atoms with E-state index >= 15 is 0 Å². The number of hydrogen-bond donors (Lipinski definition) is 1. The number of pyridine rings is 1. The molecule has 0 unspecified atom stereocenters. The number of nitrogens with zero attached hydrogens (tertiary/aromatic N) is 4. The molecule has 1 amide bonds. The molecule has 0 aliphatic carbocycles. The van der Waals surface area contributed by atoms with E-state index in [1.807, 2.05) is 31.1 Å². The van der Waals surface area contributed by atoms with E-state index in [1.165, 1.54) is 16.8 Å². The maximum Gasteiger partial charge on any atom is 0.269 e. The third-order valence-corrected chi connectivity index (χ3v) is 5.38. The van der Waals surface area contributed by atoms with Crippen molar-refractivity contribution in [2.45, 2.75) is 13.8 Å². The van der Waals surface area contributed by atoms with E-state index < -0.39 is 0 Å². The molecule has 28 heavy (non-hydrogen) atoms. The van der Waals surface area contributed by atoms with Gasteiger partial charge in [0.25, 0.3) is 5.91 Å². The van der Waals surface area contributed by atoms with E-state index in [0.717, 1.165) is 38.4 Å². The van der Waals surface area contributed by atoms with Gasteiger partial charge in [0.2, 0.25) is 0 Å². The predicted molar refractivity (Wildman–Crippen MR) is 115 cm³/mol. The van der Waals surface area contributed by atoms with Crippen LogP contribution >= 0.6 is 0 Å². The van der Waals surface area contributed by atoms with Gasteiger partial charge >= 0.3 is 0 Å². The van der Waals surface area contributed by atoms with Gasteiger partial charge in [0.1, 0.15) is 5.69 Å². The smallest absolute Gasteiger partial charge is 0.269 e. The fraction of sp³-hybridized carbons (Fsp3) is 0.455. The second-order valence-corrected chi connectivity index (χ2v) is 7.65. The minimum Gasteiger partial charge on any atom is -0.368 e. The van der Waals surface area contributed by atoms with Gasteiger partial charge in [-0.25, -0.2) is 0 Å². The highest BCUT2D eigenvalue weighted by atomic mass is 16.1. The van der Waals surface area contributed by atoms with Gasteiger partial charge in [0.15, 0.2) is 0 Å². The number of benzene rings is 1. The van der Waals surface area contributed by atoms with Crippen molar-refractivity contribution in [3.8, 4) is 0 Å². The molecule has 0 saturated carbocycles. The SMILES string of the molecule is Cc1cccc(N2CCN(c3ccnc(C(=O)NCCN(C)C)c3)CC2)c1C. The van der Waals surface area contributed by atoms with Crippen LogP contribution in [-0.4, -0.2) is 69.2 Å². The summed E-state index contributed by atoms with van der Waals surface area (Å²) < 4.78 is 0. The predicted octanol–water partition coefficient (Wildman–Crippen LogP) is 2.32. The fourth-order valence-electron chi connectivity index (χ4n) is 3.51. The topological polar surface area (TPSA) is 51.7 Å². The van der Waals surface area contributed by atoms with E-state index in [2.05, 4.69) is 52.1 Å². The van der Waals surface area contributed by atoms with E-state index in [-0.39, 0.29) is 5.91 Å². The van der Waals surface area contributed by atoms with Gasteiger partial charge in [-0.05, 0) is 57.3 Å². The Morgan fingerprint density at radius 2 is 1.82 bits per heavy atom. The van der Waals surface area contributed by atoms with Crippen LogP contribution in [0.4, 0.5) is 11.4 Å². The highest BCUT2D eigenvalue weighted by Crippen LogP contribution is 2.25. The largest absolute Gasteiger partial charge is 0.368 e. The molecule has 3 rings (SSSR count). The Morgan fingerprint density at radius 3 is 2.54 bits per heavy atom. The van der Waals surface area contributed by atoms with Crippen molar-refractivity contribution < 1.29 is 4.79 Å². The van der Waals surface area contributed by atoms with Gasteiger partial charge in [-0.3, -0.25) is 9.78 Å². The summed E-state index contributed by atoms with van der Waals surface area (Å²) in [6, 6.07) is 10.4. The molecular formula is C22H31N5O. The summed E-state index contributed by atoms with van der Waals surface area (Å²) in [7, 11) is 3.98. The lowest BCUT2D eigenvalue weighted by Gasteiger charge is -2.38. The summed E-state index contributed by atoms with van der Waals surface area (Å²) in [5.41, 5.74) is 5.56. The van der Waals surface area contributed by atoms with Crippen molar-refractivity contribution in [3.63, 3.8) is 0 Å². The van der Waals surface area contributed by atoms with Crippen LogP contribution in [0.5, 0.6) is 0 Å². The zero-order chi connectivity index (χ0) is 20.1. The molecular weight excluding hydrogens is 350 g/mol. The van der Waals surface area contributed by atoms with E-state index in [0.29, 0.717) is 12.2 Å². The van der Waals surface area contributed by atoms with E-state index in [4.69, 9.17) is 0 Å². The molecule has 1 aliphatic heterocycles. The third kappa shape index (κ3) is 4.81. The zero-order valence-electron chi connectivity index (χ0n) is 17.4. The summed E-state index contributed by atoms with van der Waals surface area (Å²) in [6.45, 7) is 9.59. The third-order valence-electron chi connectivity index (χ3n) is 5.38. The average molecular weight is 382 g/mol. The number of aromatic nitrogens is 1. The van der Waals surface area contributed by atoms with Gasteiger partial charge in [0.05, 0.1) is 0 Å². The number of aryl methyl sites for hydroxylation is 1. The quantitative estimate of drug-likeness (QED) is 0.832. The average Bonchev–Trinajstić information content (AvgIpc) is 2.70. The molecule has 2 aromatic rings. The number of piperazine rings is 1. The Bertz CT molecular complexity index is 812.